The van der Waals surface area contributed by atoms with Gasteiger partial charge in [-0.1, -0.05) is 13.3 Å². The largest absolute Gasteiger partial charge is 0.460 e. The van der Waals surface area contributed by atoms with Crippen LogP contribution in [0.3, 0.4) is 0 Å². The molecule has 19 heavy (non-hydrogen) atoms. The number of rotatable bonds is 5. The Morgan fingerprint density at radius 2 is 2.26 bits per heavy atom. The summed E-state index contributed by atoms with van der Waals surface area (Å²) in [6.45, 7) is 6.22. The third-order valence-electron chi connectivity index (χ3n) is 4.13. The molecule has 2 heterocycles. The van der Waals surface area contributed by atoms with E-state index >= 15 is 0 Å². The van der Waals surface area contributed by atoms with E-state index in [1.165, 1.54) is 19.3 Å². The van der Waals surface area contributed by atoms with Crippen molar-refractivity contribution >= 4 is 0 Å². The summed E-state index contributed by atoms with van der Waals surface area (Å²) >= 11 is 0. The Bertz CT molecular complexity index is 551. The summed E-state index contributed by atoms with van der Waals surface area (Å²) in [5.74, 6) is 1.78. The van der Waals surface area contributed by atoms with Crippen LogP contribution in [0.25, 0.3) is 11.5 Å². The molecule has 0 bridgehead atoms. The van der Waals surface area contributed by atoms with Crippen molar-refractivity contribution in [1.29, 1.82) is 0 Å². The Balaban J connectivity index is 1.64. The summed E-state index contributed by atoms with van der Waals surface area (Å²) in [4.78, 5) is 0. The van der Waals surface area contributed by atoms with Crippen LogP contribution in [-0.4, -0.2) is 16.7 Å². The van der Waals surface area contributed by atoms with E-state index in [-0.39, 0.29) is 0 Å². The van der Waals surface area contributed by atoms with Crippen LogP contribution in [0.15, 0.2) is 22.7 Å². The minimum absolute atomic E-state index is 0.505. The molecule has 0 saturated heterocycles. The summed E-state index contributed by atoms with van der Waals surface area (Å²) in [5.41, 5.74) is 2.65. The molecule has 0 aromatic carbocycles. The highest BCUT2D eigenvalue weighted by atomic mass is 16.3. The van der Waals surface area contributed by atoms with Gasteiger partial charge in [0.1, 0.15) is 11.5 Å². The second-order valence-corrected chi connectivity index (χ2v) is 5.95. The van der Waals surface area contributed by atoms with Crippen LogP contribution in [0.2, 0.25) is 0 Å². The number of hydrogen-bond donors (Lipinski definition) is 2. The van der Waals surface area contributed by atoms with E-state index in [9.17, 15) is 0 Å². The lowest BCUT2D eigenvalue weighted by Gasteiger charge is -2.38. The fraction of sp³-hybridized carbons (Fsp3) is 0.533. The van der Waals surface area contributed by atoms with Gasteiger partial charge < -0.3 is 9.73 Å². The van der Waals surface area contributed by atoms with E-state index in [4.69, 9.17) is 4.42 Å². The van der Waals surface area contributed by atoms with Crippen molar-refractivity contribution in [3.8, 4) is 11.5 Å². The van der Waals surface area contributed by atoms with E-state index in [0.717, 1.165) is 35.9 Å². The first-order chi connectivity index (χ1) is 9.16. The van der Waals surface area contributed by atoms with Gasteiger partial charge in [0, 0.05) is 18.7 Å². The molecule has 4 nitrogen and oxygen atoms in total. The van der Waals surface area contributed by atoms with Gasteiger partial charge in [-0.3, -0.25) is 5.10 Å². The van der Waals surface area contributed by atoms with Gasteiger partial charge >= 0.3 is 0 Å². The lowest BCUT2D eigenvalue weighted by Crippen LogP contribution is -2.36. The van der Waals surface area contributed by atoms with Crippen molar-refractivity contribution < 1.29 is 4.42 Å². The van der Waals surface area contributed by atoms with Gasteiger partial charge in [0.15, 0.2) is 5.76 Å². The SMILES string of the molecule is Cc1ccc(-c2[nH]ncc2CNCC2(C)CCC2)o1. The zero-order valence-electron chi connectivity index (χ0n) is 11.6. The van der Waals surface area contributed by atoms with Crippen molar-refractivity contribution in [2.75, 3.05) is 6.54 Å². The van der Waals surface area contributed by atoms with E-state index in [2.05, 4.69) is 22.4 Å². The van der Waals surface area contributed by atoms with Gasteiger partial charge in [-0.2, -0.15) is 5.10 Å². The molecule has 2 aromatic rings. The third kappa shape index (κ3) is 2.59. The number of nitrogens with one attached hydrogen (secondary N) is 2. The van der Waals surface area contributed by atoms with E-state index in [1.54, 1.807) is 0 Å². The zero-order valence-corrected chi connectivity index (χ0v) is 11.6. The van der Waals surface area contributed by atoms with Crippen molar-refractivity contribution in [3.63, 3.8) is 0 Å². The smallest absolute Gasteiger partial charge is 0.152 e. The number of aromatic nitrogens is 2. The van der Waals surface area contributed by atoms with Crippen LogP contribution in [0, 0.1) is 12.3 Å². The first kappa shape index (κ1) is 12.5. The molecule has 4 heteroatoms. The number of aromatic amines is 1. The fourth-order valence-electron chi connectivity index (χ4n) is 2.68. The molecule has 2 N–H and O–H groups in total. The van der Waals surface area contributed by atoms with Crippen molar-refractivity contribution in [2.24, 2.45) is 5.41 Å². The second-order valence-electron chi connectivity index (χ2n) is 5.95. The number of furan rings is 1. The molecule has 0 atom stereocenters. The molecule has 3 rings (SSSR count). The molecule has 2 aromatic heterocycles. The van der Waals surface area contributed by atoms with Gasteiger partial charge in [0.25, 0.3) is 0 Å². The standard InChI is InChI=1S/C15H21N3O/c1-11-4-5-13(19-11)14-12(9-17-18-14)8-16-10-15(2)6-3-7-15/h4-5,9,16H,3,6-8,10H2,1-2H3,(H,17,18). The molecule has 1 aliphatic carbocycles. The molecule has 1 saturated carbocycles. The highest BCUT2D eigenvalue weighted by molar-refractivity contribution is 5.56. The van der Waals surface area contributed by atoms with E-state index in [0.29, 0.717) is 5.41 Å². The van der Waals surface area contributed by atoms with E-state index in [1.807, 2.05) is 25.3 Å². The first-order valence-electron chi connectivity index (χ1n) is 6.96. The number of H-pyrrole nitrogens is 1. The Hall–Kier alpha value is -1.55. The van der Waals surface area contributed by atoms with Crippen molar-refractivity contribution in [3.05, 3.63) is 29.7 Å². The Labute approximate surface area is 113 Å². The quantitative estimate of drug-likeness (QED) is 0.866. The normalized spacial score (nSPS) is 17.4. The van der Waals surface area contributed by atoms with Gasteiger partial charge in [-0.25, -0.2) is 0 Å². The van der Waals surface area contributed by atoms with Crippen LogP contribution in [0.1, 0.15) is 37.5 Å². The summed E-state index contributed by atoms with van der Waals surface area (Å²) < 4.78 is 5.65. The lowest BCUT2D eigenvalue weighted by molar-refractivity contribution is 0.156. The summed E-state index contributed by atoms with van der Waals surface area (Å²) in [6.07, 6.45) is 5.94. The maximum Gasteiger partial charge on any atom is 0.152 e. The van der Waals surface area contributed by atoms with Crippen LogP contribution < -0.4 is 5.32 Å². The zero-order chi connectivity index (χ0) is 13.3. The van der Waals surface area contributed by atoms with Crippen LogP contribution >= 0.6 is 0 Å². The van der Waals surface area contributed by atoms with Crippen LogP contribution in [0.5, 0.6) is 0 Å². The van der Waals surface area contributed by atoms with Gasteiger partial charge in [-0.05, 0) is 37.3 Å². The Morgan fingerprint density at radius 1 is 1.42 bits per heavy atom. The monoisotopic (exact) mass is 259 g/mol. The number of aryl methyl sites for hydroxylation is 1. The van der Waals surface area contributed by atoms with Crippen LogP contribution in [-0.2, 0) is 6.54 Å². The highest BCUT2D eigenvalue weighted by Crippen LogP contribution is 2.39. The molecule has 0 amide bonds. The first-order valence-corrected chi connectivity index (χ1v) is 6.96. The highest BCUT2D eigenvalue weighted by Gasteiger charge is 2.31. The molecule has 102 valence electrons. The van der Waals surface area contributed by atoms with Gasteiger partial charge in [0.2, 0.25) is 0 Å². The minimum atomic E-state index is 0.505. The number of hydrogen-bond acceptors (Lipinski definition) is 3. The molecule has 0 aliphatic heterocycles. The summed E-state index contributed by atoms with van der Waals surface area (Å²) in [6, 6.07) is 3.96. The maximum absolute atomic E-state index is 5.65. The fourth-order valence-corrected chi connectivity index (χ4v) is 2.68. The molecule has 1 fully saturated rings. The van der Waals surface area contributed by atoms with Gasteiger partial charge in [-0.15, -0.1) is 0 Å². The average molecular weight is 259 g/mol. The summed E-state index contributed by atoms with van der Waals surface area (Å²) in [5, 5.41) is 10.7. The Morgan fingerprint density at radius 3 is 2.89 bits per heavy atom. The molecular formula is C15H21N3O. The summed E-state index contributed by atoms with van der Waals surface area (Å²) in [7, 11) is 0. The third-order valence-corrected chi connectivity index (χ3v) is 4.13. The molecule has 1 aliphatic rings. The Kier molecular flexibility index (Phi) is 3.19. The average Bonchev–Trinajstić information content (AvgIpc) is 2.95. The molecule has 0 spiro atoms. The van der Waals surface area contributed by atoms with Gasteiger partial charge in [0.05, 0.1) is 6.20 Å². The van der Waals surface area contributed by atoms with Crippen molar-refractivity contribution in [1.82, 2.24) is 15.5 Å². The van der Waals surface area contributed by atoms with Crippen LogP contribution in [0.4, 0.5) is 0 Å². The van der Waals surface area contributed by atoms with E-state index < -0.39 is 0 Å². The topological polar surface area (TPSA) is 53.9 Å². The van der Waals surface area contributed by atoms with Crippen molar-refractivity contribution in [2.45, 2.75) is 39.7 Å². The minimum Gasteiger partial charge on any atom is -0.460 e. The molecule has 0 unspecified atom stereocenters. The predicted octanol–water partition coefficient (Wildman–Crippen LogP) is 3.26. The number of nitrogens with zero attached hydrogens (tertiary/aromatic N) is 1. The maximum atomic E-state index is 5.65. The molecular weight excluding hydrogens is 238 g/mol. The second kappa shape index (κ2) is 4.85. The predicted molar refractivity (Wildman–Crippen MR) is 74.7 cm³/mol. The lowest BCUT2D eigenvalue weighted by atomic mass is 9.70. The molecule has 0 radical (unpaired) electrons.